The van der Waals surface area contributed by atoms with Gasteiger partial charge in [-0.15, -0.1) is 0 Å². The molecule has 0 fully saturated rings. The summed E-state index contributed by atoms with van der Waals surface area (Å²) in [4.78, 5) is 0.679. The number of hydrogen-bond acceptors (Lipinski definition) is 3. The van der Waals surface area contributed by atoms with Gasteiger partial charge >= 0.3 is 0 Å². The zero-order chi connectivity index (χ0) is 14.5. The molecule has 0 spiro atoms. The minimum absolute atomic E-state index is 0.247. The minimum Gasteiger partial charge on any atom is -0.497 e. The number of benzene rings is 2. The van der Waals surface area contributed by atoms with E-state index >= 15 is 0 Å². The van der Waals surface area contributed by atoms with E-state index in [0.29, 0.717) is 22.8 Å². The van der Waals surface area contributed by atoms with Crippen molar-refractivity contribution in [2.24, 2.45) is 5.73 Å². The topological polar surface area (TPSA) is 52.3 Å². The summed E-state index contributed by atoms with van der Waals surface area (Å²) in [5.74, 6) is 0.611. The van der Waals surface area contributed by atoms with Gasteiger partial charge in [-0.1, -0.05) is 6.07 Å². The van der Waals surface area contributed by atoms with Gasteiger partial charge in [-0.25, -0.2) is 4.39 Å². The third-order valence-corrected chi connectivity index (χ3v) is 4.37. The Morgan fingerprint density at radius 1 is 1.15 bits per heavy atom. The van der Waals surface area contributed by atoms with Gasteiger partial charge in [0.05, 0.1) is 23.7 Å². The Bertz CT molecular complexity index is 614. The highest BCUT2D eigenvalue weighted by atomic mass is 32.2. The lowest BCUT2D eigenvalue weighted by Crippen LogP contribution is -2.05. The number of halogens is 1. The molecule has 3 nitrogen and oxygen atoms in total. The van der Waals surface area contributed by atoms with E-state index in [0.717, 1.165) is 5.56 Å². The Labute approximate surface area is 120 Å². The van der Waals surface area contributed by atoms with Gasteiger partial charge in [-0.2, -0.15) is 0 Å². The molecule has 2 rings (SSSR count). The predicted octanol–water partition coefficient (Wildman–Crippen LogP) is 2.60. The maximum Gasteiger partial charge on any atom is 0.123 e. The molecule has 2 aromatic carbocycles. The smallest absolute Gasteiger partial charge is 0.123 e. The number of ether oxygens (including phenoxy) is 1. The van der Waals surface area contributed by atoms with Crippen LogP contribution in [0.2, 0.25) is 0 Å². The van der Waals surface area contributed by atoms with Gasteiger partial charge in [0.25, 0.3) is 0 Å². The zero-order valence-corrected chi connectivity index (χ0v) is 12.0. The van der Waals surface area contributed by atoms with Gasteiger partial charge in [0.1, 0.15) is 11.6 Å². The molecule has 0 aliphatic carbocycles. The minimum atomic E-state index is -1.24. The molecule has 2 aromatic rings. The first-order valence-electron chi connectivity index (χ1n) is 6.14. The van der Waals surface area contributed by atoms with Crippen molar-refractivity contribution in [1.82, 2.24) is 0 Å². The summed E-state index contributed by atoms with van der Waals surface area (Å²) in [6.45, 7) is 0.301. The highest BCUT2D eigenvalue weighted by Crippen LogP contribution is 2.19. The first-order valence-corrected chi connectivity index (χ1v) is 7.45. The predicted molar refractivity (Wildman–Crippen MR) is 77.4 cm³/mol. The fourth-order valence-electron chi connectivity index (χ4n) is 1.88. The summed E-state index contributed by atoms with van der Waals surface area (Å²) in [5, 5.41) is 0. The number of hydrogen-bond donors (Lipinski definition) is 1. The summed E-state index contributed by atoms with van der Waals surface area (Å²) >= 11 is 0. The number of methoxy groups -OCH3 is 1. The molecule has 0 radical (unpaired) electrons. The molecule has 106 valence electrons. The van der Waals surface area contributed by atoms with Crippen LogP contribution >= 0.6 is 0 Å². The molecule has 2 N–H and O–H groups in total. The monoisotopic (exact) mass is 293 g/mol. The normalized spacial score (nSPS) is 12.2. The van der Waals surface area contributed by atoms with Crippen molar-refractivity contribution >= 4 is 10.8 Å². The van der Waals surface area contributed by atoms with Crippen LogP contribution in [-0.4, -0.2) is 11.3 Å². The summed E-state index contributed by atoms with van der Waals surface area (Å²) < 4.78 is 30.6. The molecule has 0 aliphatic heterocycles. The van der Waals surface area contributed by atoms with Crippen LogP contribution in [0.25, 0.3) is 0 Å². The van der Waals surface area contributed by atoms with Crippen LogP contribution in [0.3, 0.4) is 0 Å². The van der Waals surface area contributed by atoms with Crippen molar-refractivity contribution in [1.29, 1.82) is 0 Å². The maximum atomic E-state index is 13.3. The molecule has 0 saturated carbocycles. The van der Waals surface area contributed by atoms with E-state index in [-0.39, 0.29) is 11.6 Å². The molecule has 0 amide bonds. The molecule has 0 aromatic heterocycles. The first-order chi connectivity index (χ1) is 9.63. The second-order valence-corrected chi connectivity index (χ2v) is 5.73. The van der Waals surface area contributed by atoms with Crippen LogP contribution in [0.4, 0.5) is 4.39 Å². The van der Waals surface area contributed by atoms with E-state index in [1.807, 2.05) is 0 Å². The maximum absolute atomic E-state index is 13.3. The van der Waals surface area contributed by atoms with Crippen LogP contribution in [0.15, 0.2) is 47.4 Å². The van der Waals surface area contributed by atoms with Crippen molar-refractivity contribution in [3.05, 3.63) is 59.4 Å². The fourth-order valence-corrected chi connectivity index (χ4v) is 3.04. The van der Waals surface area contributed by atoms with Gasteiger partial charge in [0, 0.05) is 11.4 Å². The van der Waals surface area contributed by atoms with Crippen molar-refractivity contribution in [3.8, 4) is 5.75 Å². The van der Waals surface area contributed by atoms with Gasteiger partial charge in [-0.3, -0.25) is 4.21 Å². The summed E-state index contributed by atoms with van der Waals surface area (Å²) in [5.41, 5.74) is 7.11. The van der Waals surface area contributed by atoms with Crippen LogP contribution < -0.4 is 10.5 Å². The molecular weight excluding hydrogens is 277 g/mol. The highest BCUT2D eigenvalue weighted by molar-refractivity contribution is 7.84. The molecule has 0 heterocycles. The van der Waals surface area contributed by atoms with Crippen LogP contribution in [0.5, 0.6) is 5.75 Å². The van der Waals surface area contributed by atoms with Crippen LogP contribution in [0.1, 0.15) is 11.1 Å². The zero-order valence-electron chi connectivity index (χ0n) is 11.1. The largest absolute Gasteiger partial charge is 0.497 e. The van der Waals surface area contributed by atoms with E-state index in [4.69, 9.17) is 10.5 Å². The molecular formula is C15H16FNO2S. The molecule has 1 atom stereocenters. The summed E-state index contributed by atoms with van der Waals surface area (Å²) in [6, 6.07) is 11.4. The quantitative estimate of drug-likeness (QED) is 0.922. The number of rotatable bonds is 5. The van der Waals surface area contributed by atoms with E-state index in [1.54, 1.807) is 37.4 Å². The van der Waals surface area contributed by atoms with Gasteiger partial charge in [0.15, 0.2) is 0 Å². The van der Waals surface area contributed by atoms with Crippen molar-refractivity contribution in [2.45, 2.75) is 17.2 Å². The lowest BCUT2D eigenvalue weighted by molar-refractivity contribution is 0.414. The third kappa shape index (κ3) is 3.43. The molecule has 20 heavy (non-hydrogen) atoms. The summed E-state index contributed by atoms with van der Waals surface area (Å²) in [7, 11) is 0.333. The van der Waals surface area contributed by atoms with Crippen molar-refractivity contribution < 1.29 is 13.3 Å². The van der Waals surface area contributed by atoms with Gasteiger partial charge < -0.3 is 10.5 Å². The Morgan fingerprint density at radius 2 is 1.85 bits per heavy atom. The van der Waals surface area contributed by atoms with Crippen molar-refractivity contribution in [2.75, 3.05) is 7.11 Å². The SMILES string of the molecule is COc1ccc(S(=O)Cc2cc(F)ccc2CN)cc1. The lowest BCUT2D eigenvalue weighted by Gasteiger charge is -2.08. The average Bonchev–Trinajstić information content (AvgIpc) is 2.47. The first kappa shape index (κ1) is 14.7. The number of nitrogens with two attached hydrogens (primary N) is 1. The Morgan fingerprint density at radius 3 is 2.45 bits per heavy atom. The fraction of sp³-hybridized carbons (Fsp3) is 0.200. The Hall–Kier alpha value is -1.72. The van der Waals surface area contributed by atoms with E-state index in [9.17, 15) is 8.60 Å². The third-order valence-electron chi connectivity index (χ3n) is 3.00. The van der Waals surface area contributed by atoms with Gasteiger partial charge in [0.2, 0.25) is 0 Å². The molecule has 5 heteroatoms. The lowest BCUT2D eigenvalue weighted by atomic mass is 10.1. The van der Waals surface area contributed by atoms with Crippen LogP contribution in [0, 0.1) is 5.82 Å². The second kappa shape index (κ2) is 6.63. The average molecular weight is 293 g/mol. The standard InChI is InChI=1S/C15H16FNO2S/c1-19-14-4-6-15(7-5-14)20(18)10-12-8-13(16)3-2-11(12)9-17/h2-8H,9-10,17H2,1H3. The molecule has 0 aliphatic rings. The van der Waals surface area contributed by atoms with E-state index in [2.05, 4.69) is 0 Å². The van der Waals surface area contributed by atoms with Gasteiger partial charge in [-0.05, 0) is 47.5 Å². The summed E-state index contributed by atoms with van der Waals surface area (Å²) in [6.07, 6.45) is 0. The van der Waals surface area contributed by atoms with Crippen molar-refractivity contribution in [3.63, 3.8) is 0 Å². The highest BCUT2D eigenvalue weighted by Gasteiger charge is 2.09. The second-order valence-electron chi connectivity index (χ2n) is 4.28. The molecule has 0 bridgehead atoms. The Kier molecular flexibility index (Phi) is 4.87. The molecule has 0 saturated heterocycles. The molecule has 1 unspecified atom stereocenters. The Balaban J connectivity index is 2.20. The van der Waals surface area contributed by atoms with Crippen LogP contribution in [-0.2, 0) is 23.1 Å². The van der Waals surface area contributed by atoms with E-state index < -0.39 is 10.8 Å². The van der Waals surface area contributed by atoms with E-state index in [1.165, 1.54) is 12.1 Å².